The molecule has 0 aliphatic heterocycles. The Morgan fingerprint density at radius 3 is 2.30 bits per heavy atom. The summed E-state index contributed by atoms with van der Waals surface area (Å²) < 4.78 is 11.7. The van der Waals surface area contributed by atoms with Gasteiger partial charge >= 0.3 is 5.97 Å². The highest BCUT2D eigenvalue weighted by Crippen LogP contribution is 2.35. The van der Waals surface area contributed by atoms with E-state index in [4.69, 9.17) is 37.8 Å². The van der Waals surface area contributed by atoms with Crippen molar-refractivity contribution in [2.75, 3.05) is 11.9 Å². The van der Waals surface area contributed by atoms with Gasteiger partial charge in [-0.2, -0.15) is 0 Å². The molecule has 30 heavy (non-hydrogen) atoms. The van der Waals surface area contributed by atoms with E-state index < -0.39 is 5.97 Å². The van der Waals surface area contributed by atoms with Crippen LogP contribution in [0.1, 0.15) is 28.4 Å². The Balaban J connectivity index is 1.73. The highest BCUT2D eigenvalue weighted by Gasteiger charge is 2.12. The number of hydrogen-bond donors (Lipinski definition) is 2. The lowest BCUT2D eigenvalue weighted by Crippen LogP contribution is -2.04. The lowest BCUT2D eigenvalue weighted by Gasteiger charge is -2.16. The second kappa shape index (κ2) is 10.2. The van der Waals surface area contributed by atoms with E-state index in [1.165, 1.54) is 0 Å². The van der Waals surface area contributed by atoms with Crippen LogP contribution in [-0.4, -0.2) is 17.7 Å². The molecule has 0 unspecified atom stereocenters. The lowest BCUT2D eigenvalue weighted by atomic mass is 10.1. The number of ether oxygens (including phenoxy) is 2. The molecule has 0 aliphatic rings. The summed E-state index contributed by atoms with van der Waals surface area (Å²) in [4.78, 5) is 11.0. The van der Waals surface area contributed by atoms with Crippen molar-refractivity contribution in [3.8, 4) is 11.5 Å². The average Bonchev–Trinajstić information content (AvgIpc) is 2.74. The van der Waals surface area contributed by atoms with Crippen molar-refractivity contribution in [3.05, 3.63) is 87.4 Å². The predicted molar refractivity (Wildman–Crippen MR) is 119 cm³/mol. The minimum Gasteiger partial charge on any atom is -0.490 e. The van der Waals surface area contributed by atoms with Crippen molar-refractivity contribution in [1.29, 1.82) is 0 Å². The zero-order valence-corrected chi connectivity index (χ0v) is 17.8. The molecule has 0 saturated carbocycles. The van der Waals surface area contributed by atoms with Crippen molar-refractivity contribution in [3.63, 3.8) is 0 Å². The second-order valence-corrected chi connectivity index (χ2v) is 7.25. The topological polar surface area (TPSA) is 67.8 Å². The van der Waals surface area contributed by atoms with Gasteiger partial charge in [0.15, 0.2) is 11.5 Å². The van der Waals surface area contributed by atoms with Gasteiger partial charge in [0.2, 0.25) is 0 Å². The van der Waals surface area contributed by atoms with Gasteiger partial charge in [-0.3, -0.25) is 0 Å². The van der Waals surface area contributed by atoms with E-state index in [-0.39, 0.29) is 5.56 Å². The Bertz CT molecular complexity index is 1020. The molecule has 156 valence electrons. The molecular formula is C23H21Cl2NO4. The number of rotatable bonds is 9. The number of hydrogen-bond acceptors (Lipinski definition) is 4. The van der Waals surface area contributed by atoms with Crippen molar-refractivity contribution in [1.82, 2.24) is 0 Å². The third-order valence-corrected chi connectivity index (χ3v) is 5.09. The SMILES string of the molecule is CCOc1cc(CNc2ccc(C(=O)O)cc2)c(Cl)cc1OCc1ccccc1Cl. The summed E-state index contributed by atoms with van der Waals surface area (Å²) in [5, 5.41) is 13.4. The molecule has 0 aromatic heterocycles. The maximum absolute atomic E-state index is 11.0. The Morgan fingerprint density at radius 1 is 0.933 bits per heavy atom. The van der Waals surface area contributed by atoms with Crippen LogP contribution in [0, 0.1) is 0 Å². The van der Waals surface area contributed by atoms with Gasteiger partial charge in [-0.05, 0) is 48.9 Å². The summed E-state index contributed by atoms with van der Waals surface area (Å²) in [6.07, 6.45) is 0. The maximum atomic E-state index is 11.0. The van der Waals surface area contributed by atoms with Crippen LogP contribution in [0.3, 0.4) is 0 Å². The normalized spacial score (nSPS) is 10.5. The maximum Gasteiger partial charge on any atom is 0.335 e. The van der Waals surface area contributed by atoms with E-state index in [1.807, 2.05) is 37.3 Å². The van der Waals surface area contributed by atoms with Gasteiger partial charge < -0.3 is 19.9 Å². The molecular weight excluding hydrogens is 425 g/mol. The molecule has 0 bridgehead atoms. The predicted octanol–water partition coefficient (Wildman–Crippen LogP) is 6.28. The molecule has 0 heterocycles. The van der Waals surface area contributed by atoms with E-state index in [1.54, 1.807) is 30.3 Å². The minimum atomic E-state index is -0.960. The molecule has 0 fully saturated rings. The van der Waals surface area contributed by atoms with Crippen LogP contribution in [0.15, 0.2) is 60.7 Å². The summed E-state index contributed by atoms with van der Waals surface area (Å²) in [6.45, 7) is 3.11. The third kappa shape index (κ3) is 5.59. The van der Waals surface area contributed by atoms with Crippen LogP contribution in [0.2, 0.25) is 10.0 Å². The van der Waals surface area contributed by atoms with Crippen molar-refractivity contribution < 1.29 is 19.4 Å². The fraction of sp³-hybridized carbons (Fsp3) is 0.174. The molecule has 0 amide bonds. The van der Waals surface area contributed by atoms with E-state index >= 15 is 0 Å². The summed E-state index contributed by atoms with van der Waals surface area (Å²) in [7, 11) is 0. The Labute approximate surface area is 185 Å². The molecule has 0 saturated heterocycles. The average molecular weight is 446 g/mol. The van der Waals surface area contributed by atoms with E-state index in [9.17, 15) is 4.79 Å². The molecule has 0 radical (unpaired) electrons. The van der Waals surface area contributed by atoms with Crippen molar-refractivity contribution in [2.24, 2.45) is 0 Å². The van der Waals surface area contributed by atoms with E-state index in [0.717, 1.165) is 16.8 Å². The van der Waals surface area contributed by atoms with Crippen LogP contribution < -0.4 is 14.8 Å². The molecule has 3 rings (SSSR count). The van der Waals surface area contributed by atoms with E-state index in [0.29, 0.717) is 41.3 Å². The number of benzene rings is 3. The fourth-order valence-electron chi connectivity index (χ4n) is 2.79. The quantitative estimate of drug-likeness (QED) is 0.405. The summed E-state index contributed by atoms with van der Waals surface area (Å²) in [6, 6.07) is 17.6. The number of carbonyl (C=O) groups is 1. The number of carboxylic acid groups (broad SMARTS) is 1. The summed E-state index contributed by atoms with van der Waals surface area (Å²) >= 11 is 12.7. The summed E-state index contributed by atoms with van der Waals surface area (Å²) in [5.74, 6) is 0.168. The molecule has 3 aromatic carbocycles. The molecule has 7 heteroatoms. The molecule has 0 spiro atoms. The monoisotopic (exact) mass is 445 g/mol. The van der Waals surface area contributed by atoms with Gasteiger partial charge in [-0.1, -0.05) is 41.4 Å². The Kier molecular flexibility index (Phi) is 7.44. The second-order valence-electron chi connectivity index (χ2n) is 6.44. The number of carboxylic acids is 1. The first-order valence-electron chi connectivity index (χ1n) is 9.36. The Morgan fingerprint density at radius 2 is 1.63 bits per heavy atom. The van der Waals surface area contributed by atoms with Crippen LogP contribution in [-0.2, 0) is 13.2 Å². The Hall–Kier alpha value is -2.89. The van der Waals surface area contributed by atoms with Crippen molar-refractivity contribution >= 4 is 34.9 Å². The number of aromatic carboxylic acids is 1. The number of halogens is 2. The van der Waals surface area contributed by atoms with Gasteiger partial charge in [0.05, 0.1) is 12.2 Å². The van der Waals surface area contributed by atoms with Crippen molar-refractivity contribution in [2.45, 2.75) is 20.1 Å². The number of nitrogens with one attached hydrogen (secondary N) is 1. The van der Waals surface area contributed by atoms with Gasteiger partial charge in [0, 0.05) is 33.9 Å². The zero-order chi connectivity index (χ0) is 21.5. The molecule has 0 aliphatic carbocycles. The van der Waals surface area contributed by atoms with Gasteiger partial charge in [-0.15, -0.1) is 0 Å². The minimum absolute atomic E-state index is 0.234. The standard InChI is InChI=1S/C23H21Cl2NO4/c1-2-29-21-11-17(13-26-18-9-7-15(8-10-18)23(27)28)20(25)12-22(21)30-14-16-5-3-4-6-19(16)24/h3-12,26H,2,13-14H2,1H3,(H,27,28). The smallest absolute Gasteiger partial charge is 0.335 e. The first-order valence-corrected chi connectivity index (χ1v) is 10.1. The lowest BCUT2D eigenvalue weighted by molar-refractivity contribution is 0.0697. The van der Waals surface area contributed by atoms with Gasteiger partial charge in [0.25, 0.3) is 0 Å². The van der Waals surface area contributed by atoms with Gasteiger partial charge in [-0.25, -0.2) is 4.79 Å². The zero-order valence-electron chi connectivity index (χ0n) is 16.3. The van der Waals surface area contributed by atoms with Crippen LogP contribution in [0.4, 0.5) is 5.69 Å². The van der Waals surface area contributed by atoms with Crippen LogP contribution in [0.5, 0.6) is 11.5 Å². The summed E-state index contributed by atoms with van der Waals surface area (Å²) in [5.41, 5.74) is 2.71. The highest BCUT2D eigenvalue weighted by molar-refractivity contribution is 6.31. The number of anilines is 1. The highest BCUT2D eigenvalue weighted by atomic mass is 35.5. The largest absolute Gasteiger partial charge is 0.490 e. The molecule has 0 atom stereocenters. The molecule has 2 N–H and O–H groups in total. The first-order chi connectivity index (χ1) is 14.5. The van der Waals surface area contributed by atoms with Crippen LogP contribution >= 0.6 is 23.2 Å². The fourth-order valence-corrected chi connectivity index (χ4v) is 3.20. The van der Waals surface area contributed by atoms with Crippen LogP contribution in [0.25, 0.3) is 0 Å². The molecule has 3 aromatic rings. The first kappa shape index (κ1) is 21.8. The third-order valence-electron chi connectivity index (χ3n) is 4.37. The molecule has 5 nitrogen and oxygen atoms in total. The van der Waals surface area contributed by atoms with E-state index in [2.05, 4.69) is 5.32 Å². The van der Waals surface area contributed by atoms with Gasteiger partial charge in [0.1, 0.15) is 6.61 Å².